The second-order valence-corrected chi connectivity index (χ2v) is 9.12. The summed E-state index contributed by atoms with van der Waals surface area (Å²) in [6, 6.07) is 16.7. The van der Waals surface area contributed by atoms with Crippen molar-refractivity contribution in [3.05, 3.63) is 88.0 Å². The molecule has 3 aromatic carbocycles. The number of benzene rings is 3. The second-order valence-electron chi connectivity index (χ2n) is 9.12. The van der Waals surface area contributed by atoms with Crippen molar-refractivity contribution in [2.45, 2.75) is 41.2 Å². The molecule has 9 nitrogen and oxygen atoms in total. The Morgan fingerprint density at radius 3 is 2.18 bits per heavy atom. The summed E-state index contributed by atoms with van der Waals surface area (Å²) in [5.74, 6) is -1.16. The second kappa shape index (κ2) is 13.8. The molecule has 3 aromatic rings. The summed E-state index contributed by atoms with van der Waals surface area (Å²) < 4.78 is 11.4. The van der Waals surface area contributed by atoms with E-state index in [0.29, 0.717) is 23.7 Å². The van der Waals surface area contributed by atoms with Crippen LogP contribution in [0.3, 0.4) is 0 Å². The first-order valence-electron chi connectivity index (χ1n) is 12.6. The monoisotopic (exact) mass is 530 g/mol. The maximum atomic E-state index is 12.5. The van der Waals surface area contributed by atoms with Crippen LogP contribution in [0, 0.1) is 27.7 Å². The quantitative estimate of drug-likeness (QED) is 0.207. The van der Waals surface area contributed by atoms with Gasteiger partial charge in [-0.15, -0.1) is 0 Å². The van der Waals surface area contributed by atoms with E-state index in [1.54, 1.807) is 18.2 Å². The summed E-state index contributed by atoms with van der Waals surface area (Å²) in [5.41, 5.74) is 8.67. The minimum absolute atomic E-state index is 0.200. The number of nitrogens with zero attached hydrogens (tertiary/aromatic N) is 1. The summed E-state index contributed by atoms with van der Waals surface area (Å²) in [4.78, 5) is 36.6. The number of hydrogen-bond donors (Lipinski definition) is 3. The van der Waals surface area contributed by atoms with Gasteiger partial charge < -0.3 is 20.1 Å². The number of hydrogen-bond acceptors (Lipinski definition) is 6. The van der Waals surface area contributed by atoms with Gasteiger partial charge in [0.15, 0.2) is 18.1 Å². The van der Waals surface area contributed by atoms with Gasteiger partial charge >= 0.3 is 11.8 Å². The maximum absolute atomic E-state index is 12.5. The van der Waals surface area contributed by atoms with E-state index >= 15 is 0 Å². The number of carbonyl (C=O) groups is 3. The van der Waals surface area contributed by atoms with Crippen LogP contribution in [0.4, 0.5) is 5.69 Å². The summed E-state index contributed by atoms with van der Waals surface area (Å²) >= 11 is 0. The van der Waals surface area contributed by atoms with Crippen LogP contribution in [0.2, 0.25) is 0 Å². The van der Waals surface area contributed by atoms with Crippen LogP contribution in [0.1, 0.15) is 40.3 Å². The molecular weight excluding hydrogens is 496 g/mol. The molecule has 0 aliphatic rings. The molecule has 3 rings (SSSR count). The third kappa shape index (κ3) is 8.70. The van der Waals surface area contributed by atoms with Crippen LogP contribution in [0.15, 0.2) is 59.7 Å². The maximum Gasteiger partial charge on any atom is 0.329 e. The SMILES string of the molecule is CCOc1cc(/C=N\NC(=O)C(=O)NCc2ccc(C)cc2)ccc1OCC(=O)Nc1c(C)cc(C)cc1C. The molecule has 0 saturated heterocycles. The number of aryl methyl sites for hydroxylation is 4. The number of ether oxygens (including phenoxy) is 2. The summed E-state index contributed by atoms with van der Waals surface area (Å²) in [6.45, 7) is 10.1. The lowest BCUT2D eigenvalue weighted by Gasteiger charge is -2.15. The minimum atomic E-state index is -0.881. The van der Waals surface area contributed by atoms with Crippen molar-refractivity contribution in [2.75, 3.05) is 18.5 Å². The summed E-state index contributed by atoms with van der Waals surface area (Å²) in [6.07, 6.45) is 1.38. The van der Waals surface area contributed by atoms with Crippen molar-refractivity contribution < 1.29 is 23.9 Å². The molecule has 0 bridgehead atoms. The Bertz CT molecular complexity index is 1340. The zero-order valence-electron chi connectivity index (χ0n) is 22.9. The Morgan fingerprint density at radius 2 is 1.51 bits per heavy atom. The topological polar surface area (TPSA) is 118 Å². The van der Waals surface area contributed by atoms with Crippen LogP contribution >= 0.6 is 0 Å². The highest BCUT2D eigenvalue weighted by molar-refractivity contribution is 6.35. The molecule has 204 valence electrons. The number of nitrogens with one attached hydrogen (secondary N) is 3. The Labute approximate surface area is 228 Å². The van der Waals surface area contributed by atoms with Crippen molar-refractivity contribution >= 4 is 29.6 Å². The molecular formula is C30H34N4O5. The van der Waals surface area contributed by atoms with E-state index in [0.717, 1.165) is 33.5 Å². The van der Waals surface area contributed by atoms with Gasteiger partial charge in [-0.2, -0.15) is 5.10 Å². The van der Waals surface area contributed by atoms with E-state index in [1.165, 1.54) is 6.21 Å². The van der Waals surface area contributed by atoms with Gasteiger partial charge in [0.2, 0.25) is 0 Å². The zero-order chi connectivity index (χ0) is 28.4. The third-order valence-corrected chi connectivity index (χ3v) is 5.73. The van der Waals surface area contributed by atoms with E-state index < -0.39 is 11.8 Å². The number of rotatable bonds is 10. The first-order chi connectivity index (χ1) is 18.7. The number of amides is 3. The predicted octanol–water partition coefficient (Wildman–Crippen LogP) is 4.10. The Hall–Kier alpha value is -4.66. The van der Waals surface area contributed by atoms with Gasteiger partial charge in [0.1, 0.15) is 0 Å². The summed E-state index contributed by atoms with van der Waals surface area (Å²) in [5, 5.41) is 9.32. The fourth-order valence-electron chi connectivity index (χ4n) is 3.87. The van der Waals surface area contributed by atoms with Crippen LogP contribution in [0.25, 0.3) is 0 Å². The van der Waals surface area contributed by atoms with Crippen LogP contribution in [0.5, 0.6) is 11.5 Å². The number of carbonyl (C=O) groups excluding carboxylic acids is 3. The van der Waals surface area contributed by atoms with Gasteiger partial charge in [-0.1, -0.05) is 47.5 Å². The molecule has 39 heavy (non-hydrogen) atoms. The first kappa shape index (κ1) is 28.9. The van der Waals surface area contributed by atoms with E-state index in [4.69, 9.17) is 9.47 Å². The Morgan fingerprint density at radius 1 is 0.821 bits per heavy atom. The molecule has 9 heteroatoms. The van der Waals surface area contributed by atoms with E-state index in [1.807, 2.05) is 71.0 Å². The van der Waals surface area contributed by atoms with Gasteiger partial charge in [0, 0.05) is 12.2 Å². The molecule has 0 fully saturated rings. The Kier molecular flexibility index (Phi) is 10.2. The molecule has 0 aliphatic carbocycles. The molecule has 0 aromatic heterocycles. The lowest BCUT2D eigenvalue weighted by molar-refractivity contribution is -0.139. The van der Waals surface area contributed by atoms with Crippen LogP contribution < -0.4 is 25.5 Å². The van der Waals surface area contributed by atoms with Crippen molar-refractivity contribution in [1.29, 1.82) is 0 Å². The lowest BCUT2D eigenvalue weighted by Crippen LogP contribution is -2.37. The zero-order valence-corrected chi connectivity index (χ0v) is 22.9. The average molecular weight is 531 g/mol. The van der Waals surface area contributed by atoms with Gasteiger partial charge in [-0.3, -0.25) is 14.4 Å². The molecule has 0 saturated carbocycles. The lowest BCUT2D eigenvalue weighted by atomic mass is 10.1. The largest absolute Gasteiger partial charge is 0.490 e. The average Bonchev–Trinajstić information content (AvgIpc) is 2.89. The molecule has 0 heterocycles. The van der Waals surface area contributed by atoms with Crippen molar-refractivity contribution in [3.63, 3.8) is 0 Å². The number of hydrazone groups is 1. The molecule has 0 unspecified atom stereocenters. The van der Waals surface area contributed by atoms with Gasteiger partial charge in [-0.05, 0) is 75.1 Å². The Balaban J connectivity index is 1.54. The first-order valence-corrected chi connectivity index (χ1v) is 12.6. The van der Waals surface area contributed by atoms with Crippen molar-refractivity contribution in [2.24, 2.45) is 5.10 Å². The third-order valence-electron chi connectivity index (χ3n) is 5.73. The highest BCUT2D eigenvalue weighted by atomic mass is 16.5. The van der Waals surface area contributed by atoms with Gasteiger partial charge in [0.25, 0.3) is 5.91 Å². The highest BCUT2D eigenvalue weighted by Gasteiger charge is 2.13. The molecule has 3 amide bonds. The van der Waals surface area contributed by atoms with Crippen molar-refractivity contribution in [3.8, 4) is 11.5 Å². The molecule has 0 aliphatic heterocycles. The molecule has 0 radical (unpaired) electrons. The summed E-state index contributed by atoms with van der Waals surface area (Å²) in [7, 11) is 0. The van der Waals surface area contributed by atoms with Gasteiger partial charge in [-0.25, -0.2) is 5.43 Å². The van der Waals surface area contributed by atoms with Gasteiger partial charge in [0.05, 0.1) is 12.8 Å². The highest BCUT2D eigenvalue weighted by Crippen LogP contribution is 2.28. The molecule has 0 atom stereocenters. The fourth-order valence-corrected chi connectivity index (χ4v) is 3.87. The van der Waals surface area contributed by atoms with Crippen LogP contribution in [-0.4, -0.2) is 37.1 Å². The number of anilines is 1. The minimum Gasteiger partial charge on any atom is -0.490 e. The van der Waals surface area contributed by atoms with E-state index in [-0.39, 0.29) is 19.1 Å². The van der Waals surface area contributed by atoms with E-state index in [2.05, 4.69) is 21.2 Å². The molecule has 0 spiro atoms. The van der Waals surface area contributed by atoms with Crippen molar-refractivity contribution in [1.82, 2.24) is 10.7 Å². The van der Waals surface area contributed by atoms with E-state index in [9.17, 15) is 14.4 Å². The fraction of sp³-hybridized carbons (Fsp3) is 0.267. The normalized spacial score (nSPS) is 10.7. The standard InChI is InChI=1S/C30H34N4O5/c1-6-38-26-15-24(17-32-34-30(37)29(36)31-16-23-9-7-19(2)8-10-23)11-12-25(26)39-18-27(35)33-28-21(4)13-20(3)14-22(28)5/h7-15,17H,6,16,18H2,1-5H3,(H,31,36)(H,33,35)(H,34,37)/b32-17-. The predicted molar refractivity (Wildman–Crippen MR) is 151 cm³/mol. The smallest absolute Gasteiger partial charge is 0.329 e. The van der Waals surface area contributed by atoms with Crippen LogP contribution in [-0.2, 0) is 20.9 Å². The molecule has 3 N–H and O–H groups in total.